The van der Waals surface area contributed by atoms with Gasteiger partial charge in [-0.05, 0) is 44.0 Å². The van der Waals surface area contributed by atoms with Gasteiger partial charge >= 0.3 is 0 Å². The van der Waals surface area contributed by atoms with Crippen LogP contribution in [0, 0.1) is 6.92 Å². The number of amides is 1. The largest absolute Gasteiger partial charge is 0.496 e. The molecule has 0 saturated carbocycles. The summed E-state index contributed by atoms with van der Waals surface area (Å²) in [6.45, 7) is 6.55. The summed E-state index contributed by atoms with van der Waals surface area (Å²) >= 11 is 0. The van der Waals surface area contributed by atoms with Crippen molar-refractivity contribution in [2.24, 2.45) is 4.99 Å². The molecule has 1 amide bonds. The number of carbonyl (C=O) groups is 1. The van der Waals surface area contributed by atoms with E-state index in [1.165, 1.54) is 5.56 Å². The van der Waals surface area contributed by atoms with Gasteiger partial charge in [-0.2, -0.15) is 0 Å². The summed E-state index contributed by atoms with van der Waals surface area (Å²) in [4.78, 5) is 20.5. The minimum Gasteiger partial charge on any atom is -0.496 e. The molecule has 28 heavy (non-hydrogen) atoms. The number of pyridine rings is 1. The van der Waals surface area contributed by atoms with Crippen molar-refractivity contribution in [3.63, 3.8) is 0 Å². The van der Waals surface area contributed by atoms with Crippen LogP contribution in [0.1, 0.15) is 28.4 Å². The van der Waals surface area contributed by atoms with Crippen molar-refractivity contribution in [1.82, 2.24) is 20.9 Å². The predicted octanol–water partition coefficient (Wildman–Crippen LogP) is 1.93. The van der Waals surface area contributed by atoms with Gasteiger partial charge < -0.3 is 20.7 Å². The van der Waals surface area contributed by atoms with Gasteiger partial charge in [0.25, 0.3) is 5.91 Å². The Balaban J connectivity index is 1.80. The second kappa shape index (κ2) is 11.6. The zero-order valence-electron chi connectivity index (χ0n) is 16.8. The molecule has 7 heteroatoms. The van der Waals surface area contributed by atoms with Crippen LogP contribution in [0.2, 0.25) is 0 Å². The lowest BCUT2D eigenvalue weighted by Crippen LogP contribution is -2.41. The van der Waals surface area contributed by atoms with Gasteiger partial charge in [-0.3, -0.25) is 14.8 Å². The number of hydrogen-bond donors (Lipinski definition) is 3. The number of methoxy groups -OCH3 is 1. The first kappa shape index (κ1) is 21.2. The van der Waals surface area contributed by atoms with Crippen molar-refractivity contribution in [2.45, 2.75) is 20.3 Å². The van der Waals surface area contributed by atoms with E-state index in [1.807, 2.05) is 19.1 Å². The Morgan fingerprint density at radius 2 is 2.00 bits per heavy atom. The van der Waals surface area contributed by atoms with E-state index in [0.717, 1.165) is 30.2 Å². The lowest BCUT2D eigenvalue weighted by molar-refractivity contribution is 0.0954. The Hall–Kier alpha value is -3.09. The second-order valence-electron chi connectivity index (χ2n) is 6.25. The van der Waals surface area contributed by atoms with Crippen LogP contribution in [-0.4, -0.2) is 50.1 Å². The summed E-state index contributed by atoms with van der Waals surface area (Å²) in [7, 11) is 1.68. The molecule has 3 N–H and O–H groups in total. The molecule has 0 fully saturated rings. The number of carbonyl (C=O) groups excluding carboxylic acids is 1. The Kier molecular flexibility index (Phi) is 8.78. The molecule has 1 aromatic heterocycles. The Bertz CT molecular complexity index is 778. The van der Waals surface area contributed by atoms with E-state index in [-0.39, 0.29) is 5.91 Å². The fourth-order valence-electron chi connectivity index (χ4n) is 2.69. The van der Waals surface area contributed by atoms with Gasteiger partial charge in [-0.15, -0.1) is 0 Å². The Morgan fingerprint density at radius 3 is 2.71 bits per heavy atom. The SMILES string of the molecule is CCNC(=NCCc1cc(C)ccc1OC)NCCNC(=O)c1cccnc1. The highest BCUT2D eigenvalue weighted by Gasteiger charge is 2.05. The van der Waals surface area contributed by atoms with Crippen molar-refractivity contribution in [3.8, 4) is 5.75 Å². The first-order valence-corrected chi connectivity index (χ1v) is 9.48. The van der Waals surface area contributed by atoms with Crippen LogP contribution in [0.15, 0.2) is 47.7 Å². The molecule has 0 atom stereocenters. The Labute approximate surface area is 166 Å². The highest BCUT2D eigenvalue weighted by Crippen LogP contribution is 2.20. The zero-order chi connectivity index (χ0) is 20.2. The molecule has 7 nitrogen and oxygen atoms in total. The average molecular weight is 383 g/mol. The van der Waals surface area contributed by atoms with E-state index < -0.39 is 0 Å². The summed E-state index contributed by atoms with van der Waals surface area (Å²) in [6, 6.07) is 9.63. The highest BCUT2D eigenvalue weighted by molar-refractivity contribution is 5.93. The number of aromatic nitrogens is 1. The number of hydrogen-bond acceptors (Lipinski definition) is 4. The van der Waals surface area contributed by atoms with E-state index in [1.54, 1.807) is 31.6 Å². The summed E-state index contributed by atoms with van der Waals surface area (Å²) in [5, 5.41) is 9.30. The van der Waals surface area contributed by atoms with Crippen LogP contribution >= 0.6 is 0 Å². The molecule has 2 aromatic rings. The highest BCUT2D eigenvalue weighted by atomic mass is 16.5. The molecule has 0 aliphatic carbocycles. The van der Waals surface area contributed by atoms with Crippen molar-refractivity contribution < 1.29 is 9.53 Å². The zero-order valence-corrected chi connectivity index (χ0v) is 16.8. The number of guanidine groups is 1. The third kappa shape index (κ3) is 6.90. The molecule has 0 saturated heterocycles. The molecule has 150 valence electrons. The molecule has 0 aliphatic heterocycles. The third-order valence-electron chi connectivity index (χ3n) is 4.06. The number of rotatable bonds is 9. The van der Waals surface area contributed by atoms with Gasteiger partial charge in [0.05, 0.1) is 12.7 Å². The van der Waals surface area contributed by atoms with Crippen molar-refractivity contribution >= 4 is 11.9 Å². The first-order chi connectivity index (χ1) is 13.6. The van der Waals surface area contributed by atoms with Gasteiger partial charge in [0.1, 0.15) is 5.75 Å². The standard InChI is InChI=1S/C21H29N5O2/c1-4-23-21(25-11-9-17-14-16(2)7-8-19(17)28-3)26-13-12-24-20(27)18-6-5-10-22-15-18/h5-8,10,14-15H,4,9,11-13H2,1-3H3,(H,24,27)(H2,23,25,26). The molecule has 0 unspecified atom stereocenters. The molecule has 0 spiro atoms. The van der Waals surface area contributed by atoms with Crippen LogP contribution in [0.3, 0.4) is 0 Å². The Morgan fingerprint density at radius 1 is 1.18 bits per heavy atom. The molecular weight excluding hydrogens is 354 g/mol. The molecular formula is C21H29N5O2. The number of aliphatic imine (C=N–C) groups is 1. The maximum Gasteiger partial charge on any atom is 0.252 e. The van der Waals surface area contributed by atoms with Gasteiger partial charge in [0.2, 0.25) is 0 Å². The topological polar surface area (TPSA) is 87.6 Å². The third-order valence-corrected chi connectivity index (χ3v) is 4.06. The normalized spacial score (nSPS) is 11.0. The van der Waals surface area contributed by atoms with E-state index in [9.17, 15) is 4.79 Å². The summed E-state index contributed by atoms with van der Waals surface area (Å²) in [5.41, 5.74) is 2.90. The number of nitrogens with one attached hydrogen (secondary N) is 3. The number of benzene rings is 1. The van der Waals surface area contributed by atoms with E-state index in [2.05, 4.69) is 38.9 Å². The molecule has 0 bridgehead atoms. The van der Waals surface area contributed by atoms with Gasteiger partial charge in [0, 0.05) is 38.6 Å². The monoisotopic (exact) mass is 383 g/mol. The first-order valence-electron chi connectivity index (χ1n) is 9.48. The maximum atomic E-state index is 12.0. The van der Waals surface area contributed by atoms with Crippen LogP contribution in [0.4, 0.5) is 0 Å². The minimum atomic E-state index is -0.136. The lowest BCUT2D eigenvalue weighted by atomic mass is 10.1. The number of aryl methyl sites for hydroxylation is 1. The van der Waals surface area contributed by atoms with Crippen molar-refractivity contribution in [2.75, 3.05) is 33.3 Å². The number of nitrogens with zero attached hydrogens (tertiary/aromatic N) is 2. The van der Waals surface area contributed by atoms with Crippen LogP contribution < -0.4 is 20.7 Å². The van der Waals surface area contributed by atoms with Gasteiger partial charge in [-0.25, -0.2) is 0 Å². The summed E-state index contributed by atoms with van der Waals surface area (Å²) in [5.74, 6) is 1.48. The van der Waals surface area contributed by atoms with Crippen LogP contribution in [0.5, 0.6) is 5.75 Å². The second-order valence-corrected chi connectivity index (χ2v) is 6.25. The van der Waals surface area contributed by atoms with Gasteiger partial charge in [-0.1, -0.05) is 17.7 Å². The van der Waals surface area contributed by atoms with E-state index >= 15 is 0 Å². The van der Waals surface area contributed by atoms with Crippen molar-refractivity contribution in [3.05, 3.63) is 59.4 Å². The fourth-order valence-corrected chi connectivity index (χ4v) is 2.69. The molecule has 1 heterocycles. The summed E-state index contributed by atoms with van der Waals surface area (Å²) < 4.78 is 5.42. The van der Waals surface area contributed by atoms with Crippen LogP contribution in [-0.2, 0) is 6.42 Å². The van der Waals surface area contributed by atoms with E-state index in [4.69, 9.17) is 4.74 Å². The van der Waals surface area contributed by atoms with Crippen molar-refractivity contribution in [1.29, 1.82) is 0 Å². The van der Waals surface area contributed by atoms with Crippen LogP contribution in [0.25, 0.3) is 0 Å². The predicted molar refractivity (Wildman–Crippen MR) is 112 cm³/mol. The smallest absolute Gasteiger partial charge is 0.252 e. The fraction of sp³-hybridized carbons (Fsp3) is 0.381. The summed E-state index contributed by atoms with van der Waals surface area (Å²) in [6.07, 6.45) is 3.98. The molecule has 2 rings (SSSR count). The molecule has 0 radical (unpaired) electrons. The maximum absolute atomic E-state index is 12.0. The lowest BCUT2D eigenvalue weighted by Gasteiger charge is -2.12. The van der Waals surface area contributed by atoms with Gasteiger partial charge in [0.15, 0.2) is 5.96 Å². The minimum absolute atomic E-state index is 0.136. The molecule has 0 aliphatic rings. The quantitative estimate of drug-likeness (QED) is 0.350. The number of ether oxygens (including phenoxy) is 1. The van der Waals surface area contributed by atoms with E-state index in [0.29, 0.717) is 25.2 Å². The average Bonchev–Trinajstić information content (AvgIpc) is 2.71. The molecule has 1 aromatic carbocycles.